The predicted molar refractivity (Wildman–Crippen MR) is 82.4 cm³/mol. The van der Waals surface area contributed by atoms with E-state index >= 15 is 0 Å². The molecule has 0 fully saturated rings. The SMILES string of the molecule is CC(C)Cc1nnc([C@@H](C)[S@@](=O)Cc2ccc(Cl)s2)o1. The fraction of sp³-hybridized carbons (Fsp3) is 0.538. The Kier molecular flexibility index (Phi) is 5.35. The van der Waals surface area contributed by atoms with Crippen molar-refractivity contribution in [2.24, 2.45) is 5.92 Å². The van der Waals surface area contributed by atoms with Crippen LogP contribution in [0.1, 0.15) is 42.7 Å². The van der Waals surface area contributed by atoms with Gasteiger partial charge in [0.25, 0.3) is 0 Å². The van der Waals surface area contributed by atoms with E-state index in [0.717, 1.165) is 11.3 Å². The van der Waals surface area contributed by atoms with Gasteiger partial charge in [-0.3, -0.25) is 4.21 Å². The Balaban J connectivity index is 2.01. The summed E-state index contributed by atoms with van der Waals surface area (Å²) < 4.78 is 18.6. The average molecular weight is 333 g/mol. The zero-order valence-electron chi connectivity index (χ0n) is 11.6. The number of hydrogen-bond acceptors (Lipinski definition) is 5. The zero-order valence-corrected chi connectivity index (χ0v) is 14.0. The van der Waals surface area contributed by atoms with Crippen LogP contribution >= 0.6 is 22.9 Å². The summed E-state index contributed by atoms with van der Waals surface area (Å²) in [7, 11) is -1.10. The Hall–Kier alpha value is -0.720. The lowest BCUT2D eigenvalue weighted by Gasteiger charge is -2.05. The molecule has 0 aliphatic carbocycles. The standard InChI is InChI=1S/C13H17ClN2O2S2/c1-8(2)6-12-15-16-13(18-12)9(3)20(17)7-10-4-5-11(14)19-10/h4-5,8-9H,6-7H2,1-3H3/t9-,20+/m1/s1. The van der Waals surface area contributed by atoms with Crippen molar-refractivity contribution in [1.29, 1.82) is 0 Å². The number of thiophene rings is 1. The van der Waals surface area contributed by atoms with Crippen LogP contribution in [0.15, 0.2) is 16.5 Å². The van der Waals surface area contributed by atoms with E-state index in [4.69, 9.17) is 16.0 Å². The van der Waals surface area contributed by atoms with Gasteiger partial charge in [-0.1, -0.05) is 25.4 Å². The zero-order chi connectivity index (χ0) is 14.7. The maximum atomic E-state index is 12.3. The number of halogens is 1. The Morgan fingerprint density at radius 1 is 1.35 bits per heavy atom. The fourth-order valence-corrected chi connectivity index (χ4v) is 4.08. The molecule has 0 spiro atoms. The Bertz CT molecular complexity index is 595. The maximum absolute atomic E-state index is 12.3. The van der Waals surface area contributed by atoms with Gasteiger partial charge in [0.05, 0.1) is 10.1 Å². The first-order chi connectivity index (χ1) is 9.45. The highest BCUT2D eigenvalue weighted by molar-refractivity contribution is 7.84. The predicted octanol–water partition coefficient (Wildman–Crippen LogP) is 3.99. The molecule has 0 aliphatic rings. The first kappa shape index (κ1) is 15.7. The van der Waals surface area contributed by atoms with Crippen molar-refractivity contribution in [2.45, 2.75) is 38.2 Å². The molecule has 0 radical (unpaired) electrons. The molecular weight excluding hydrogens is 316 g/mol. The largest absolute Gasteiger partial charge is 0.424 e. The molecule has 7 heteroatoms. The minimum absolute atomic E-state index is 0.274. The van der Waals surface area contributed by atoms with Crippen LogP contribution in [0.4, 0.5) is 0 Å². The molecule has 2 heterocycles. The van der Waals surface area contributed by atoms with Crippen molar-refractivity contribution in [3.05, 3.63) is 33.1 Å². The Labute approximate surface area is 130 Å². The van der Waals surface area contributed by atoms with Crippen molar-refractivity contribution < 1.29 is 8.63 Å². The Morgan fingerprint density at radius 3 is 2.70 bits per heavy atom. The van der Waals surface area contributed by atoms with E-state index in [9.17, 15) is 4.21 Å². The molecule has 2 aromatic rings. The summed E-state index contributed by atoms with van der Waals surface area (Å²) in [5.41, 5.74) is 0. The molecule has 4 nitrogen and oxygen atoms in total. The molecule has 0 unspecified atom stereocenters. The normalized spacial score (nSPS) is 14.7. The van der Waals surface area contributed by atoms with E-state index in [1.165, 1.54) is 11.3 Å². The second kappa shape index (κ2) is 6.83. The van der Waals surface area contributed by atoms with Crippen LogP contribution in [0.25, 0.3) is 0 Å². The van der Waals surface area contributed by atoms with E-state index in [-0.39, 0.29) is 5.25 Å². The number of rotatable bonds is 6. The molecule has 0 aliphatic heterocycles. The van der Waals surface area contributed by atoms with E-state index < -0.39 is 10.8 Å². The van der Waals surface area contributed by atoms with E-state index in [1.54, 1.807) is 0 Å². The first-order valence-corrected chi connectivity index (χ1v) is 8.97. The summed E-state index contributed by atoms with van der Waals surface area (Å²) in [6, 6.07) is 3.71. The van der Waals surface area contributed by atoms with Crippen LogP contribution in [-0.2, 0) is 23.0 Å². The van der Waals surface area contributed by atoms with Gasteiger partial charge in [-0.15, -0.1) is 21.5 Å². The smallest absolute Gasteiger partial charge is 0.231 e. The third-order valence-corrected chi connectivity index (χ3v) is 5.72. The third-order valence-electron chi connectivity index (χ3n) is 2.72. The molecule has 0 bridgehead atoms. The van der Waals surface area contributed by atoms with Crippen LogP contribution in [0.2, 0.25) is 4.34 Å². The lowest BCUT2D eigenvalue weighted by Crippen LogP contribution is -2.05. The number of aromatic nitrogens is 2. The van der Waals surface area contributed by atoms with Gasteiger partial charge in [0.15, 0.2) is 0 Å². The molecule has 0 saturated carbocycles. The van der Waals surface area contributed by atoms with Crippen molar-refractivity contribution in [3.63, 3.8) is 0 Å². The second-order valence-electron chi connectivity index (χ2n) is 5.01. The highest BCUT2D eigenvalue weighted by atomic mass is 35.5. The van der Waals surface area contributed by atoms with Gasteiger partial charge >= 0.3 is 0 Å². The van der Waals surface area contributed by atoms with Gasteiger partial charge in [0, 0.05) is 22.1 Å². The summed E-state index contributed by atoms with van der Waals surface area (Å²) in [5, 5.41) is 7.73. The van der Waals surface area contributed by atoms with Crippen LogP contribution in [0.3, 0.4) is 0 Å². The molecule has 0 N–H and O–H groups in total. The van der Waals surface area contributed by atoms with Crippen molar-refractivity contribution in [2.75, 3.05) is 0 Å². The topological polar surface area (TPSA) is 56.0 Å². The summed E-state index contributed by atoms with van der Waals surface area (Å²) in [5.74, 6) is 1.97. The lowest BCUT2D eigenvalue weighted by atomic mass is 10.1. The van der Waals surface area contributed by atoms with Crippen molar-refractivity contribution in [3.8, 4) is 0 Å². The van der Waals surface area contributed by atoms with E-state index in [2.05, 4.69) is 24.0 Å². The molecule has 0 aromatic carbocycles. The van der Waals surface area contributed by atoms with Gasteiger partial charge < -0.3 is 4.42 Å². The minimum Gasteiger partial charge on any atom is -0.424 e. The van der Waals surface area contributed by atoms with Gasteiger partial charge in [0.2, 0.25) is 11.8 Å². The van der Waals surface area contributed by atoms with E-state index in [1.807, 2.05) is 19.1 Å². The van der Waals surface area contributed by atoms with Gasteiger partial charge in [0.1, 0.15) is 5.25 Å². The molecule has 20 heavy (non-hydrogen) atoms. The van der Waals surface area contributed by atoms with Crippen LogP contribution < -0.4 is 0 Å². The Morgan fingerprint density at radius 2 is 2.10 bits per heavy atom. The highest BCUT2D eigenvalue weighted by Gasteiger charge is 2.21. The van der Waals surface area contributed by atoms with Gasteiger partial charge in [-0.2, -0.15) is 0 Å². The molecule has 0 saturated heterocycles. The molecule has 2 rings (SSSR count). The monoisotopic (exact) mass is 332 g/mol. The van der Waals surface area contributed by atoms with Crippen molar-refractivity contribution >= 4 is 33.7 Å². The highest BCUT2D eigenvalue weighted by Crippen LogP contribution is 2.26. The summed E-state index contributed by atoms with van der Waals surface area (Å²) in [6.07, 6.45) is 0.743. The lowest BCUT2D eigenvalue weighted by molar-refractivity contribution is 0.425. The summed E-state index contributed by atoms with van der Waals surface area (Å²) >= 11 is 7.32. The quantitative estimate of drug-likeness (QED) is 0.802. The maximum Gasteiger partial charge on any atom is 0.231 e. The van der Waals surface area contributed by atoms with Gasteiger partial charge in [-0.05, 0) is 25.0 Å². The molecule has 2 atom stereocenters. The first-order valence-electron chi connectivity index (χ1n) is 6.39. The number of nitrogens with zero attached hydrogens (tertiary/aromatic N) is 2. The fourth-order valence-electron chi connectivity index (χ4n) is 1.67. The van der Waals surface area contributed by atoms with Crippen LogP contribution in [0, 0.1) is 5.92 Å². The van der Waals surface area contributed by atoms with E-state index in [0.29, 0.717) is 27.8 Å². The third kappa shape index (κ3) is 4.14. The summed E-state index contributed by atoms with van der Waals surface area (Å²) in [4.78, 5) is 1.00. The second-order valence-corrected chi connectivity index (χ2v) is 8.56. The minimum atomic E-state index is -1.10. The van der Waals surface area contributed by atoms with Crippen molar-refractivity contribution in [1.82, 2.24) is 10.2 Å². The molecular formula is C13H17ClN2O2S2. The molecule has 2 aromatic heterocycles. The number of hydrogen-bond donors (Lipinski definition) is 0. The average Bonchev–Trinajstić information content (AvgIpc) is 2.97. The summed E-state index contributed by atoms with van der Waals surface area (Å²) in [6.45, 7) is 6.02. The molecule has 110 valence electrons. The molecule has 0 amide bonds. The van der Waals surface area contributed by atoms with Crippen LogP contribution in [0.5, 0.6) is 0 Å². The van der Waals surface area contributed by atoms with Gasteiger partial charge in [-0.25, -0.2) is 0 Å². The van der Waals surface area contributed by atoms with Crippen LogP contribution in [-0.4, -0.2) is 14.4 Å².